The maximum atomic E-state index is 12.2. The fraction of sp³-hybridized carbons (Fsp3) is 0.235. The molecule has 0 aliphatic heterocycles. The van der Waals surface area contributed by atoms with Gasteiger partial charge in [0.2, 0.25) is 0 Å². The number of hydrogen-bond donors (Lipinski definition) is 2. The fourth-order valence-electron chi connectivity index (χ4n) is 2.06. The van der Waals surface area contributed by atoms with E-state index in [0.717, 1.165) is 12.1 Å². The maximum absolute atomic E-state index is 12.2. The molecule has 2 aromatic rings. The zero-order valence-corrected chi connectivity index (χ0v) is 12.8. The molecule has 0 saturated carbocycles. The number of amides is 1. The summed E-state index contributed by atoms with van der Waals surface area (Å²) in [6.45, 7) is 2.17. The van der Waals surface area contributed by atoms with Crippen molar-refractivity contribution in [3.63, 3.8) is 0 Å². The first kappa shape index (κ1) is 15.4. The summed E-state index contributed by atoms with van der Waals surface area (Å²) in [4.78, 5) is 12.2. The van der Waals surface area contributed by atoms with Gasteiger partial charge in [-0.15, -0.1) is 0 Å². The molecular formula is C17H19ClN2O. The zero-order chi connectivity index (χ0) is 15.2. The minimum absolute atomic E-state index is 0.253. The van der Waals surface area contributed by atoms with Crippen LogP contribution in [0.4, 0.5) is 11.4 Å². The number of nitrogens with two attached hydrogens (primary N) is 1. The van der Waals surface area contributed by atoms with E-state index in [9.17, 15) is 4.79 Å². The lowest BCUT2D eigenvalue weighted by Gasteiger charge is -2.09. The summed E-state index contributed by atoms with van der Waals surface area (Å²) in [6.07, 6.45) is 3.41. The normalized spacial score (nSPS) is 10.4. The smallest absolute Gasteiger partial charge is 0.257 e. The van der Waals surface area contributed by atoms with Gasteiger partial charge in [0.15, 0.2) is 0 Å². The first-order valence-electron chi connectivity index (χ1n) is 7.05. The number of nitrogens with one attached hydrogen (secondary N) is 1. The lowest BCUT2D eigenvalue weighted by atomic mass is 10.1. The molecule has 21 heavy (non-hydrogen) atoms. The molecule has 0 heterocycles. The van der Waals surface area contributed by atoms with Crippen molar-refractivity contribution in [1.29, 1.82) is 0 Å². The van der Waals surface area contributed by atoms with Crippen LogP contribution in [0, 0.1) is 0 Å². The molecule has 0 aliphatic rings. The minimum Gasteiger partial charge on any atom is -0.398 e. The molecule has 3 N–H and O–H groups in total. The number of halogens is 1. The van der Waals surface area contributed by atoms with E-state index in [4.69, 9.17) is 17.3 Å². The van der Waals surface area contributed by atoms with Crippen LogP contribution in [0.3, 0.4) is 0 Å². The molecule has 2 aromatic carbocycles. The molecule has 0 aromatic heterocycles. The quantitative estimate of drug-likeness (QED) is 0.798. The SMILES string of the molecule is CCCCc1ccc(NC(=O)c2cc(Cl)ccc2N)cc1. The second-order valence-electron chi connectivity index (χ2n) is 4.99. The lowest BCUT2D eigenvalue weighted by Crippen LogP contribution is -2.14. The van der Waals surface area contributed by atoms with Gasteiger partial charge in [0.25, 0.3) is 5.91 Å². The van der Waals surface area contributed by atoms with E-state index in [1.807, 2.05) is 24.3 Å². The van der Waals surface area contributed by atoms with Gasteiger partial charge in [-0.25, -0.2) is 0 Å². The van der Waals surface area contributed by atoms with Crippen LogP contribution < -0.4 is 11.1 Å². The van der Waals surface area contributed by atoms with Crippen LogP contribution in [0.2, 0.25) is 5.02 Å². The Morgan fingerprint density at radius 2 is 1.90 bits per heavy atom. The standard InChI is InChI=1S/C17H19ClN2O/c1-2-3-4-12-5-8-14(9-6-12)20-17(21)15-11-13(18)7-10-16(15)19/h5-11H,2-4,19H2,1H3,(H,20,21). The third-order valence-corrected chi connectivity index (χ3v) is 3.53. The molecule has 110 valence electrons. The summed E-state index contributed by atoms with van der Waals surface area (Å²) in [5.74, 6) is -0.253. The molecule has 1 amide bonds. The number of hydrogen-bond acceptors (Lipinski definition) is 2. The molecule has 4 heteroatoms. The summed E-state index contributed by atoms with van der Waals surface area (Å²) < 4.78 is 0. The highest BCUT2D eigenvalue weighted by molar-refractivity contribution is 6.31. The predicted octanol–water partition coefficient (Wildman–Crippen LogP) is 4.52. The van der Waals surface area contributed by atoms with Gasteiger partial charge < -0.3 is 11.1 Å². The van der Waals surface area contributed by atoms with Gasteiger partial charge in [-0.05, 0) is 48.7 Å². The maximum Gasteiger partial charge on any atom is 0.257 e. The van der Waals surface area contributed by atoms with Gasteiger partial charge in [0.05, 0.1) is 5.56 Å². The Labute approximate surface area is 130 Å². The Morgan fingerprint density at radius 1 is 1.19 bits per heavy atom. The van der Waals surface area contributed by atoms with Crippen LogP contribution in [-0.4, -0.2) is 5.91 Å². The van der Waals surface area contributed by atoms with Crippen molar-refractivity contribution in [3.8, 4) is 0 Å². The van der Waals surface area contributed by atoms with Crippen molar-refractivity contribution in [2.24, 2.45) is 0 Å². The van der Waals surface area contributed by atoms with Crippen molar-refractivity contribution in [1.82, 2.24) is 0 Å². The Morgan fingerprint density at radius 3 is 2.57 bits per heavy atom. The van der Waals surface area contributed by atoms with Crippen molar-refractivity contribution < 1.29 is 4.79 Å². The molecule has 0 atom stereocenters. The third kappa shape index (κ3) is 4.23. The van der Waals surface area contributed by atoms with Crippen LogP contribution in [0.5, 0.6) is 0 Å². The average Bonchev–Trinajstić information content (AvgIpc) is 2.49. The molecule has 0 radical (unpaired) electrons. The van der Waals surface area contributed by atoms with Crippen molar-refractivity contribution in [2.75, 3.05) is 11.1 Å². The van der Waals surface area contributed by atoms with Gasteiger partial charge in [-0.2, -0.15) is 0 Å². The lowest BCUT2D eigenvalue weighted by molar-refractivity contribution is 0.102. The van der Waals surface area contributed by atoms with E-state index in [1.54, 1.807) is 18.2 Å². The third-order valence-electron chi connectivity index (χ3n) is 3.29. The van der Waals surface area contributed by atoms with E-state index in [1.165, 1.54) is 18.4 Å². The monoisotopic (exact) mass is 302 g/mol. The zero-order valence-electron chi connectivity index (χ0n) is 12.0. The molecule has 0 aliphatic carbocycles. The average molecular weight is 303 g/mol. The van der Waals surface area contributed by atoms with E-state index in [2.05, 4.69) is 12.2 Å². The van der Waals surface area contributed by atoms with Gasteiger partial charge in [0.1, 0.15) is 0 Å². The van der Waals surface area contributed by atoms with Crippen molar-refractivity contribution >= 4 is 28.9 Å². The van der Waals surface area contributed by atoms with E-state index < -0.39 is 0 Å². The van der Waals surface area contributed by atoms with Crippen LogP contribution in [-0.2, 0) is 6.42 Å². The fourth-order valence-corrected chi connectivity index (χ4v) is 2.23. The predicted molar refractivity (Wildman–Crippen MR) is 88.9 cm³/mol. The number of carbonyl (C=O) groups excluding carboxylic acids is 1. The first-order valence-corrected chi connectivity index (χ1v) is 7.43. The number of anilines is 2. The summed E-state index contributed by atoms with van der Waals surface area (Å²) in [6, 6.07) is 12.7. The van der Waals surface area contributed by atoms with E-state index >= 15 is 0 Å². The summed E-state index contributed by atoms with van der Waals surface area (Å²) in [5.41, 5.74) is 8.63. The molecule has 0 saturated heterocycles. The molecule has 2 rings (SSSR count). The van der Waals surface area contributed by atoms with Gasteiger partial charge in [-0.1, -0.05) is 37.1 Å². The summed E-state index contributed by atoms with van der Waals surface area (Å²) in [7, 11) is 0. The number of aryl methyl sites for hydroxylation is 1. The van der Waals surface area contributed by atoms with Gasteiger partial charge in [-0.3, -0.25) is 4.79 Å². The number of nitrogen functional groups attached to an aromatic ring is 1. The van der Waals surface area contributed by atoms with E-state index in [0.29, 0.717) is 16.3 Å². The van der Waals surface area contributed by atoms with Gasteiger partial charge >= 0.3 is 0 Å². The van der Waals surface area contributed by atoms with Crippen LogP contribution in [0.15, 0.2) is 42.5 Å². The Hall–Kier alpha value is -2.00. The van der Waals surface area contributed by atoms with Crippen molar-refractivity contribution in [2.45, 2.75) is 26.2 Å². The second-order valence-corrected chi connectivity index (χ2v) is 5.42. The number of rotatable bonds is 5. The van der Waals surface area contributed by atoms with Crippen LogP contribution in [0.25, 0.3) is 0 Å². The number of carbonyl (C=O) groups is 1. The second kappa shape index (κ2) is 7.14. The Balaban J connectivity index is 2.07. The first-order chi connectivity index (χ1) is 10.1. The van der Waals surface area contributed by atoms with E-state index in [-0.39, 0.29) is 5.91 Å². The Bertz CT molecular complexity index is 623. The minimum atomic E-state index is -0.253. The largest absolute Gasteiger partial charge is 0.398 e. The molecule has 0 spiro atoms. The summed E-state index contributed by atoms with van der Waals surface area (Å²) >= 11 is 5.90. The molecule has 0 unspecified atom stereocenters. The van der Waals surface area contributed by atoms with Crippen LogP contribution >= 0.6 is 11.6 Å². The van der Waals surface area contributed by atoms with Gasteiger partial charge in [0, 0.05) is 16.4 Å². The molecule has 0 bridgehead atoms. The molecular weight excluding hydrogens is 284 g/mol. The topological polar surface area (TPSA) is 55.1 Å². The van der Waals surface area contributed by atoms with Crippen molar-refractivity contribution in [3.05, 3.63) is 58.6 Å². The van der Waals surface area contributed by atoms with Crippen LogP contribution in [0.1, 0.15) is 35.7 Å². The molecule has 0 fully saturated rings. The number of unbranched alkanes of at least 4 members (excludes halogenated alkanes) is 1. The summed E-state index contributed by atoms with van der Waals surface area (Å²) in [5, 5.41) is 3.32. The number of benzene rings is 2. The highest BCUT2D eigenvalue weighted by Crippen LogP contribution is 2.20. The highest BCUT2D eigenvalue weighted by atomic mass is 35.5. The molecule has 3 nitrogen and oxygen atoms in total. The highest BCUT2D eigenvalue weighted by Gasteiger charge is 2.10. The Kier molecular flexibility index (Phi) is 5.23.